The second-order valence-electron chi connectivity index (χ2n) is 8.10. The van der Waals surface area contributed by atoms with Gasteiger partial charge in [-0.05, 0) is 44.0 Å². The van der Waals surface area contributed by atoms with Crippen LogP contribution in [0.15, 0.2) is 61.2 Å². The fourth-order valence-corrected chi connectivity index (χ4v) is 3.52. The van der Waals surface area contributed by atoms with E-state index < -0.39 is 6.10 Å². The van der Waals surface area contributed by atoms with E-state index in [0.29, 0.717) is 29.6 Å². The van der Waals surface area contributed by atoms with Crippen molar-refractivity contribution in [1.29, 1.82) is 0 Å². The van der Waals surface area contributed by atoms with Gasteiger partial charge in [0.2, 0.25) is 0 Å². The third kappa shape index (κ3) is 4.17. The SMILES string of the molecule is CC(O)CNc1nc(-c2ccncc2)cn2c(-c3ccc(C(=O)NC4CC4)cc3)cnc12. The number of aromatic nitrogens is 4. The Morgan fingerprint density at radius 3 is 2.59 bits per heavy atom. The molecule has 0 radical (unpaired) electrons. The molecule has 4 aromatic rings. The fraction of sp³-hybridized carbons (Fsp3) is 0.250. The molecule has 8 heteroatoms. The predicted molar refractivity (Wildman–Crippen MR) is 122 cm³/mol. The standard InChI is InChI=1S/C24H24N6O2/c1-15(31)12-26-22-23-27-13-21(30(23)14-20(29-22)16-8-10-25-11-9-16)17-2-4-18(5-3-17)24(32)28-19-6-7-19/h2-5,8-11,13-15,19,31H,6-7,12H2,1H3,(H,26,29)(H,28,32). The average Bonchev–Trinajstić information content (AvgIpc) is 3.53. The third-order valence-electron chi connectivity index (χ3n) is 5.39. The molecule has 1 saturated carbocycles. The molecule has 1 aromatic carbocycles. The van der Waals surface area contributed by atoms with Crippen molar-refractivity contribution < 1.29 is 9.90 Å². The van der Waals surface area contributed by atoms with Gasteiger partial charge in [-0.15, -0.1) is 0 Å². The summed E-state index contributed by atoms with van der Waals surface area (Å²) in [5.74, 6) is 0.554. The van der Waals surface area contributed by atoms with Gasteiger partial charge in [0.15, 0.2) is 11.5 Å². The molecule has 1 atom stereocenters. The maximum Gasteiger partial charge on any atom is 0.251 e. The summed E-state index contributed by atoms with van der Waals surface area (Å²) in [5.41, 5.74) is 4.81. The number of hydrogen-bond acceptors (Lipinski definition) is 6. The zero-order chi connectivity index (χ0) is 22.1. The number of pyridine rings is 1. The van der Waals surface area contributed by atoms with Crippen LogP contribution in [0, 0.1) is 0 Å². The molecule has 1 aliphatic carbocycles. The van der Waals surface area contributed by atoms with Crippen molar-refractivity contribution >= 4 is 17.4 Å². The number of hydrogen-bond donors (Lipinski definition) is 3. The first-order valence-corrected chi connectivity index (χ1v) is 10.7. The van der Waals surface area contributed by atoms with Crippen molar-refractivity contribution in [1.82, 2.24) is 24.7 Å². The number of amides is 1. The minimum absolute atomic E-state index is 0.0361. The maximum atomic E-state index is 12.3. The number of anilines is 1. The molecule has 0 saturated heterocycles. The van der Waals surface area contributed by atoms with E-state index in [2.05, 4.69) is 20.6 Å². The van der Waals surface area contributed by atoms with Crippen LogP contribution in [0.5, 0.6) is 0 Å². The van der Waals surface area contributed by atoms with E-state index in [0.717, 1.165) is 35.4 Å². The van der Waals surface area contributed by atoms with Crippen LogP contribution < -0.4 is 10.6 Å². The normalized spacial score (nSPS) is 14.3. The van der Waals surface area contributed by atoms with Crippen molar-refractivity contribution in [2.75, 3.05) is 11.9 Å². The zero-order valence-electron chi connectivity index (χ0n) is 17.7. The Morgan fingerprint density at radius 2 is 1.91 bits per heavy atom. The van der Waals surface area contributed by atoms with Crippen LogP contribution in [0.1, 0.15) is 30.1 Å². The van der Waals surface area contributed by atoms with Crippen molar-refractivity contribution in [3.8, 4) is 22.5 Å². The first-order chi connectivity index (χ1) is 15.6. The van der Waals surface area contributed by atoms with E-state index in [1.165, 1.54) is 0 Å². The second-order valence-corrected chi connectivity index (χ2v) is 8.10. The van der Waals surface area contributed by atoms with Gasteiger partial charge < -0.3 is 15.7 Å². The lowest BCUT2D eigenvalue weighted by molar-refractivity contribution is 0.0951. The summed E-state index contributed by atoms with van der Waals surface area (Å²) < 4.78 is 1.98. The van der Waals surface area contributed by atoms with Gasteiger partial charge in [0.1, 0.15) is 0 Å². The summed E-state index contributed by atoms with van der Waals surface area (Å²) in [7, 11) is 0. The number of fused-ring (bicyclic) bond motifs is 1. The Hall–Kier alpha value is -3.78. The predicted octanol–water partition coefficient (Wildman–Crippen LogP) is 3.14. The Kier molecular flexibility index (Phi) is 5.28. The summed E-state index contributed by atoms with van der Waals surface area (Å²) in [6.45, 7) is 2.07. The fourth-order valence-electron chi connectivity index (χ4n) is 3.52. The zero-order valence-corrected chi connectivity index (χ0v) is 17.7. The molecule has 1 unspecified atom stereocenters. The van der Waals surface area contributed by atoms with E-state index in [4.69, 9.17) is 4.98 Å². The highest BCUT2D eigenvalue weighted by atomic mass is 16.3. The molecule has 162 valence electrons. The molecule has 0 spiro atoms. The molecule has 3 heterocycles. The van der Waals surface area contributed by atoms with Gasteiger partial charge >= 0.3 is 0 Å². The third-order valence-corrected chi connectivity index (χ3v) is 5.39. The average molecular weight is 428 g/mol. The maximum absolute atomic E-state index is 12.3. The summed E-state index contributed by atoms with van der Waals surface area (Å²) in [6.07, 6.45) is 8.78. The molecule has 1 fully saturated rings. The number of imidazole rings is 1. The first kappa shape index (κ1) is 20.1. The van der Waals surface area contributed by atoms with Crippen LogP contribution in [-0.2, 0) is 0 Å². The first-order valence-electron chi connectivity index (χ1n) is 10.7. The molecule has 1 amide bonds. The molecule has 0 aliphatic heterocycles. The van der Waals surface area contributed by atoms with Crippen LogP contribution in [0.2, 0.25) is 0 Å². The molecule has 32 heavy (non-hydrogen) atoms. The molecule has 0 bridgehead atoms. The van der Waals surface area contributed by atoms with Gasteiger partial charge in [0.05, 0.1) is 23.7 Å². The van der Waals surface area contributed by atoms with Gasteiger partial charge in [-0.25, -0.2) is 9.97 Å². The lowest BCUT2D eigenvalue weighted by atomic mass is 10.1. The molecule has 1 aliphatic rings. The van der Waals surface area contributed by atoms with Crippen molar-refractivity contribution in [3.05, 3.63) is 66.7 Å². The molecule has 3 N–H and O–H groups in total. The van der Waals surface area contributed by atoms with E-state index in [9.17, 15) is 9.90 Å². The van der Waals surface area contributed by atoms with Crippen LogP contribution in [0.4, 0.5) is 5.82 Å². The van der Waals surface area contributed by atoms with Crippen LogP contribution in [0.3, 0.4) is 0 Å². The number of aliphatic hydroxyl groups is 1. The Bertz CT molecular complexity index is 1250. The van der Waals surface area contributed by atoms with Crippen LogP contribution in [0.25, 0.3) is 28.2 Å². The number of carbonyl (C=O) groups is 1. The monoisotopic (exact) mass is 428 g/mol. The van der Waals surface area contributed by atoms with Gasteiger partial charge in [0, 0.05) is 47.9 Å². The highest BCUT2D eigenvalue weighted by molar-refractivity contribution is 5.95. The lowest BCUT2D eigenvalue weighted by Gasteiger charge is -2.12. The van der Waals surface area contributed by atoms with E-state index in [1.54, 1.807) is 25.5 Å². The minimum Gasteiger partial charge on any atom is -0.392 e. The quantitative estimate of drug-likeness (QED) is 0.418. The molecular formula is C24H24N6O2. The largest absolute Gasteiger partial charge is 0.392 e. The van der Waals surface area contributed by atoms with Crippen molar-refractivity contribution in [3.63, 3.8) is 0 Å². The summed E-state index contributed by atoms with van der Waals surface area (Å²) in [6, 6.07) is 11.7. The highest BCUT2D eigenvalue weighted by Gasteiger charge is 2.23. The number of nitrogens with one attached hydrogen (secondary N) is 2. The van der Waals surface area contributed by atoms with E-state index in [1.807, 2.05) is 47.0 Å². The van der Waals surface area contributed by atoms with Crippen LogP contribution >= 0.6 is 0 Å². The van der Waals surface area contributed by atoms with E-state index in [-0.39, 0.29) is 5.91 Å². The molecular weight excluding hydrogens is 404 g/mol. The number of benzene rings is 1. The Labute approximate surface area is 185 Å². The smallest absolute Gasteiger partial charge is 0.251 e. The number of aliphatic hydroxyl groups excluding tert-OH is 1. The van der Waals surface area contributed by atoms with Gasteiger partial charge in [-0.1, -0.05) is 12.1 Å². The van der Waals surface area contributed by atoms with Gasteiger partial charge in [0.25, 0.3) is 5.91 Å². The topological polar surface area (TPSA) is 104 Å². The van der Waals surface area contributed by atoms with Gasteiger partial charge in [-0.2, -0.15) is 0 Å². The number of carbonyl (C=O) groups excluding carboxylic acids is 1. The summed E-state index contributed by atoms with van der Waals surface area (Å²) in [5, 5.41) is 15.9. The Morgan fingerprint density at radius 1 is 1.16 bits per heavy atom. The summed E-state index contributed by atoms with van der Waals surface area (Å²) >= 11 is 0. The van der Waals surface area contributed by atoms with E-state index >= 15 is 0 Å². The van der Waals surface area contributed by atoms with Crippen LogP contribution in [-0.4, -0.2) is 49.1 Å². The number of rotatable bonds is 7. The highest BCUT2D eigenvalue weighted by Crippen LogP contribution is 2.28. The molecule has 3 aromatic heterocycles. The van der Waals surface area contributed by atoms with Crippen molar-refractivity contribution in [2.45, 2.75) is 31.9 Å². The summed E-state index contributed by atoms with van der Waals surface area (Å²) in [4.78, 5) is 25.7. The number of nitrogens with zero attached hydrogens (tertiary/aromatic N) is 4. The second kappa shape index (κ2) is 8.39. The Balaban J connectivity index is 1.54. The lowest BCUT2D eigenvalue weighted by Crippen LogP contribution is -2.25. The van der Waals surface area contributed by atoms with Gasteiger partial charge in [-0.3, -0.25) is 14.2 Å². The minimum atomic E-state index is -0.523. The van der Waals surface area contributed by atoms with Crippen molar-refractivity contribution in [2.24, 2.45) is 0 Å². The molecule has 8 nitrogen and oxygen atoms in total. The molecule has 5 rings (SSSR count).